The molecule has 0 unspecified atom stereocenters. The van der Waals surface area contributed by atoms with Crippen molar-refractivity contribution in [1.82, 2.24) is 10.2 Å². The number of nitrogens with one attached hydrogen (secondary N) is 1. The number of carbonyl (C=O) groups is 2. The Balaban J connectivity index is 1.49. The van der Waals surface area contributed by atoms with E-state index in [9.17, 15) is 14.0 Å². The van der Waals surface area contributed by atoms with Crippen LogP contribution in [0.25, 0.3) is 0 Å². The van der Waals surface area contributed by atoms with E-state index in [1.165, 1.54) is 23.1 Å². The summed E-state index contributed by atoms with van der Waals surface area (Å²) in [5.41, 5.74) is -0.0939. The summed E-state index contributed by atoms with van der Waals surface area (Å²) in [6.07, 6.45) is -0.305. The maximum Gasteiger partial charge on any atom is 0.254 e. The van der Waals surface area contributed by atoms with Crippen molar-refractivity contribution in [3.63, 3.8) is 0 Å². The zero-order chi connectivity index (χ0) is 18.5. The van der Waals surface area contributed by atoms with E-state index in [-0.39, 0.29) is 24.1 Å². The number of ether oxygens (including phenoxy) is 2. The number of benzene rings is 2. The fourth-order valence-electron chi connectivity index (χ4n) is 2.59. The summed E-state index contributed by atoms with van der Waals surface area (Å²) in [6.45, 7) is 0.410. The molecule has 2 aromatic carbocycles. The summed E-state index contributed by atoms with van der Waals surface area (Å²) in [7, 11) is 1.61. The van der Waals surface area contributed by atoms with E-state index in [2.05, 4.69) is 5.32 Å². The molecule has 0 spiro atoms. The van der Waals surface area contributed by atoms with Crippen LogP contribution < -0.4 is 14.8 Å². The summed E-state index contributed by atoms with van der Waals surface area (Å²) in [6, 6.07) is 12.9. The molecule has 1 aliphatic rings. The second-order valence-corrected chi connectivity index (χ2v) is 5.93. The highest BCUT2D eigenvalue weighted by Crippen LogP contribution is 2.30. The average Bonchev–Trinajstić information content (AvgIpc) is 2.66. The van der Waals surface area contributed by atoms with Crippen LogP contribution in [-0.2, 0) is 4.79 Å². The Morgan fingerprint density at radius 3 is 2.62 bits per heavy atom. The van der Waals surface area contributed by atoms with Gasteiger partial charge < -0.3 is 19.7 Å². The lowest BCUT2D eigenvalue weighted by Gasteiger charge is -2.29. The maximum absolute atomic E-state index is 13.6. The number of halogens is 1. The van der Waals surface area contributed by atoms with Gasteiger partial charge in [0.2, 0.25) is 5.91 Å². The molecule has 1 aliphatic heterocycles. The van der Waals surface area contributed by atoms with Gasteiger partial charge in [0.25, 0.3) is 5.91 Å². The molecule has 1 N–H and O–H groups in total. The number of para-hydroxylation sites is 2. The van der Waals surface area contributed by atoms with Gasteiger partial charge in [-0.1, -0.05) is 24.3 Å². The van der Waals surface area contributed by atoms with Crippen LogP contribution in [0.3, 0.4) is 0 Å². The quantitative estimate of drug-likeness (QED) is 0.886. The Kier molecular flexibility index (Phi) is 5.36. The molecular weight excluding hydrogens is 339 g/mol. The van der Waals surface area contributed by atoms with Crippen molar-refractivity contribution < 1.29 is 23.5 Å². The molecule has 0 aromatic heterocycles. The smallest absolute Gasteiger partial charge is 0.254 e. The van der Waals surface area contributed by atoms with Crippen LogP contribution >= 0.6 is 0 Å². The SMILES string of the molecule is CN(C[C@H]1COc2ccccc2O1)C(=O)CNC(=O)c1ccccc1F. The highest BCUT2D eigenvalue weighted by molar-refractivity contribution is 5.96. The van der Waals surface area contributed by atoms with Gasteiger partial charge in [0.05, 0.1) is 18.7 Å². The van der Waals surface area contributed by atoms with E-state index in [4.69, 9.17) is 9.47 Å². The molecule has 136 valence electrons. The number of hydrogen-bond acceptors (Lipinski definition) is 4. The molecular formula is C19H19FN2O4. The zero-order valence-corrected chi connectivity index (χ0v) is 14.3. The third-order valence-electron chi connectivity index (χ3n) is 3.99. The van der Waals surface area contributed by atoms with Gasteiger partial charge in [0.1, 0.15) is 12.4 Å². The van der Waals surface area contributed by atoms with Gasteiger partial charge in [-0.15, -0.1) is 0 Å². The molecule has 26 heavy (non-hydrogen) atoms. The zero-order valence-electron chi connectivity index (χ0n) is 14.3. The molecule has 3 rings (SSSR count). The van der Waals surface area contributed by atoms with E-state index < -0.39 is 11.7 Å². The van der Waals surface area contributed by atoms with Crippen LogP contribution in [-0.4, -0.2) is 49.6 Å². The molecule has 0 radical (unpaired) electrons. The fraction of sp³-hybridized carbons (Fsp3) is 0.263. The van der Waals surface area contributed by atoms with Gasteiger partial charge >= 0.3 is 0 Å². The van der Waals surface area contributed by atoms with Crippen molar-refractivity contribution in [1.29, 1.82) is 0 Å². The van der Waals surface area contributed by atoms with Crippen molar-refractivity contribution >= 4 is 11.8 Å². The number of nitrogens with zero attached hydrogens (tertiary/aromatic N) is 1. The minimum atomic E-state index is -0.629. The monoisotopic (exact) mass is 358 g/mol. The topological polar surface area (TPSA) is 67.9 Å². The summed E-state index contributed by atoms with van der Waals surface area (Å²) in [4.78, 5) is 25.6. The van der Waals surface area contributed by atoms with E-state index >= 15 is 0 Å². The van der Waals surface area contributed by atoms with Crippen molar-refractivity contribution in [2.75, 3.05) is 26.7 Å². The van der Waals surface area contributed by atoms with Crippen molar-refractivity contribution in [3.8, 4) is 11.5 Å². The number of hydrogen-bond donors (Lipinski definition) is 1. The van der Waals surface area contributed by atoms with Gasteiger partial charge in [0, 0.05) is 7.05 Å². The van der Waals surface area contributed by atoms with Crippen molar-refractivity contribution in [3.05, 3.63) is 59.9 Å². The second kappa shape index (κ2) is 7.86. The summed E-state index contributed by atoms with van der Waals surface area (Å²) < 4.78 is 25.0. The molecule has 7 heteroatoms. The van der Waals surface area contributed by atoms with Crippen molar-refractivity contribution in [2.24, 2.45) is 0 Å². The highest BCUT2D eigenvalue weighted by atomic mass is 19.1. The lowest BCUT2D eigenvalue weighted by Crippen LogP contribution is -2.45. The molecule has 0 bridgehead atoms. The van der Waals surface area contributed by atoms with E-state index in [0.29, 0.717) is 24.7 Å². The number of rotatable bonds is 5. The Morgan fingerprint density at radius 2 is 1.85 bits per heavy atom. The molecule has 0 aliphatic carbocycles. The molecule has 1 heterocycles. The van der Waals surface area contributed by atoms with Gasteiger partial charge in [-0.2, -0.15) is 0 Å². The molecule has 0 saturated heterocycles. The number of carbonyl (C=O) groups excluding carboxylic acids is 2. The van der Waals surface area contributed by atoms with Crippen LogP contribution in [0.5, 0.6) is 11.5 Å². The largest absolute Gasteiger partial charge is 0.486 e. The number of likely N-dealkylation sites (N-methyl/N-ethyl adjacent to an activating group) is 1. The first-order valence-corrected chi connectivity index (χ1v) is 8.20. The van der Waals surface area contributed by atoms with Gasteiger partial charge in [-0.05, 0) is 24.3 Å². The van der Waals surface area contributed by atoms with Crippen LogP contribution in [0.2, 0.25) is 0 Å². The fourth-order valence-corrected chi connectivity index (χ4v) is 2.59. The van der Waals surface area contributed by atoms with Gasteiger partial charge in [-0.25, -0.2) is 4.39 Å². The standard InChI is InChI=1S/C19H19FN2O4/c1-22(11-13-12-25-16-8-4-5-9-17(16)26-13)18(23)10-21-19(24)14-6-2-3-7-15(14)20/h2-9,13H,10-12H2,1H3,(H,21,24)/t13-/m0/s1. The molecule has 1 atom stereocenters. The summed E-state index contributed by atoms with van der Waals surface area (Å²) in [5, 5.41) is 2.43. The second-order valence-electron chi connectivity index (χ2n) is 5.93. The van der Waals surface area contributed by atoms with Crippen LogP contribution in [0.15, 0.2) is 48.5 Å². The van der Waals surface area contributed by atoms with Gasteiger partial charge in [0.15, 0.2) is 17.6 Å². The maximum atomic E-state index is 13.6. The third-order valence-corrected chi connectivity index (χ3v) is 3.99. The normalized spacial score (nSPS) is 15.2. The Hall–Kier alpha value is -3.09. The Morgan fingerprint density at radius 1 is 1.15 bits per heavy atom. The summed E-state index contributed by atoms with van der Waals surface area (Å²) in [5.74, 6) is -0.252. The molecule has 0 fully saturated rings. The predicted octanol–water partition coefficient (Wildman–Crippen LogP) is 1.85. The van der Waals surface area contributed by atoms with Crippen molar-refractivity contribution in [2.45, 2.75) is 6.10 Å². The first kappa shape index (κ1) is 17.7. The molecule has 2 amide bonds. The Labute approximate surface area is 150 Å². The minimum absolute atomic E-state index is 0.0939. The van der Waals surface area contributed by atoms with Crippen LogP contribution in [0, 0.1) is 5.82 Å². The minimum Gasteiger partial charge on any atom is -0.486 e. The molecule has 2 aromatic rings. The first-order valence-electron chi connectivity index (χ1n) is 8.20. The molecule has 0 saturated carbocycles. The number of amides is 2. The predicted molar refractivity (Wildman–Crippen MR) is 92.7 cm³/mol. The van der Waals surface area contributed by atoms with Gasteiger partial charge in [-0.3, -0.25) is 9.59 Å². The van der Waals surface area contributed by atoms with Crippen LogP contribution in [0.4, 0.5) is 4.39 Å². The third kappa shape index (κ3) is 4.11. The van der Waals surface area contributed by atoms with E-state index in [1.54, 1.807) is 19.2 Å². The van der Waals surface area contributed by atoms with E-state index in [1.807, 2.05) is 18.2 Å². The highest BCUT2D eigenvalue weighted by Gasteiger charge is 2.24. The van der Waals surface area contributed by atoms with E-state index in [0.717, 1.165) is 0 Å². The average molecular weight is 358 g/mol. The summed E-state index contributed by atoms with van der Waals surface area (Å²) >= 11 is 0. The Bertz CT molecular complexity index is 812. The first-order chi connectivity index (χ1) is 12.5. The molecule has 6 nitrogen and oxygen atoms in total. The lowest BCUT2D eigenvalue weighted by molar-refractivity contribution is -0.130. The lowest BCUT2D eigenvalue weighted by atomic mass is 10.2. The van der Waals surface area contributed by atoms with Crippen LogP contribution in [0.1, 0.15) is 10.4 Å². The number of fused-ring (bicyclic) bond motifs is 1.